The molecular formula is C13H14N2O3. The highest BCUT2D eigenvalue weighted by Gasteiger charge is 2.34. The summed E-state index contributed by atoms with van der Waals surface area (Å²) in [4.78, 5) is 25.2. The van der Waals surface area contributed by atoms with Crippen LogP contribution in [0.5, 0.6) is 0 Å². The molecule has 0 unspecified atom stereocenters. The van der Waals surface area contributed by atoms with Crippen molar-refractivity contribution in [1.29, 1.82) is 5.41 Å². The van der Waals surface area contributed by atoms with E-state index in [4.69, 9.17) is 10.1 Å². The number of hydrogen-bond donors (Lipinski definition) is 1. The summed E-state index contributed by atoms with van der Waals surface area (Å²) in [6.07, 6.45) is 0.960. The summed E-state index contributed by atoms with van der Waals surface area (Å²) >= 11 is 0. The third-order valence-corrected chi connectivity index (χ3v) is 2.91. The largest absolute Gasteiger partial charge is 0.484 e. The summed E-state index contributed by atoms with van der Waals surface area (Å²) < 4.78 is 4.73. The van der Waals surface area contributed by atoms with Gasteiger partial charge in [-0.2, -0.15) is 0 Å². The van der Waals surface area contributed by atoms with Crippen LogP contribution in [0.1, 0.15) is 33.6 Å². The molecular weight excluding hydrogens is 232 g/mol. The van der Waals surface area contributed by atoms with E-state index in [0.717, 1.165) is 0 Å². The van der Waals surface area contributed by atoms with Gasteiger partial charge >= 0.3 is 0 Å². The van der Waals surface area contributed by atoms with Crippen LogP contribution in [0, 0.1) is 5.41 Å². The van der Waals surface area contributed by atoms with Gasteiger partial charge in [0.1, 0.15) is 0 Å². The molecule has 0 radical (unpaired) electrons. The highest BCUT2D eigenvalue weighted by molar-refractivity contribution is 6.21. The Kier molecular flexibility index (Phi) is 3.41. The molecule has 2 amide bonds. The van der Waals surface area contributed by atoms with Gasteiger partial charge in [0.05, 0.1) is 18.2 Å². The first kappa shape index (κ1) is 12.3. The third kappa shape index (κ3) is 2.11. The van der Waals surface area contributed by atoms with Gasteiger partial charge in [0.25, 0.3) is 11.8 Å². The average molecular weight is 246 g/mol. The van der Waals surface area contributed by atoms with Gasteiger partial charge in [-0.15, -0.1) is 0 Å². The van der Waals surface area contributed by atoms with Crippen molar-refractivity contribution in [3.63, 3.8) is 0 Å². The molecule has 2 rings (SSSR count). The second-order valence-electron chi connectivity index (χ2n) is 4.04. The Hall–Kier alpha value is -2.17. The van der Waals surface area contributed by atoms with Crippen molar-refractivity contribution in [2.75, 3.05) is 13.7 Å². The number of hydrogen-bond acceptors (Lipinski definition) is 4. The fourth-order valence-corrected chi connectivity index (χ4v) is 1.94. The molecule has 0 saturated heterocycles. The minimum atomic E-state index is -0.250. The van der Waals surface area contributed by atoms with Gasteiger partial charge in [-0.3, -0.25) is 19.9 Å². The summed E-state index contributed by atoms with van der Waals surface area (Å²) in [7, 11) is 1.43. The van der Waals surface area contributed by atoms with Crippen molar-refractivity contribution < 1.29 is 14.3 Å². The number of carbonyl (C=O) groups is 2. The molecule has 0 bridgehead atoms. The van der Waals surface area contributed by atoms with Crippen LogP contribution in [0.15, 0.2) is 24.3 Å². The SMILES string of the molecule is COC(=N)CCCN1C(=O)c2ccccc2C1=O. The Morgan fingerprint density at radius 2 is 1.78 bits per heavy atom. The predicted octanol–water partition coefficient (Wildman–Crippen LogP) is 1.69. The topological polar surface area (TPSA) is 70.5 Å². The van der Waals surface area contributed by atoms with Crippen LogP contribution in [0.3, 0.4) is 0 Å². The van der Waals surface area contributed by atoms with Gasteiger partial charge in [0.2, 0.25) is 0 Å². The lowest BCUT2D eigenvalue weighted by molar-refractivity contribution is 0.0652. The molecule has 0 saturated carbocycles. The van der Waals surface area contributed by atoms with Gasteiger partial charge in [0.15, 0.2) is 5.90 Å². The standard InChI is InChI=1S/C13H14N2O3/c1-18-11(14)7-4-8-15-12(16)9-5-2-3-6-10(9)13(15)17/h2-3,5-6,14H,4,7-8H2,1H3. The zero-order valence-electron chi connectivity index (χ0n) is 10.1. The summed E-state index contributed by atoms with van der Waals surface area (Å²) in [5.41, 5.74) is 0.925. The number of fused-ring (bicyclic) bond motifs is 1. The quantitative estimate of drug-likeness (QED) is 0.499. The maximum absolute atomic E-state index is 12.0. The van der Waals surface area contributed by atoms with E-state index in [1.807, 2.05) is 0 Å². The number of imide groups is 1. The molecule has 0 spiro atoms. The molecule has 1 aliphatic rings. The van der Waals surface area contributed by atoms with Crippen LogP contribution in [0.4, 0.5) is 0 Å². The van der Waals surface area contributed by atoms with E-state index in [9.17, 15) is 9.59 Å². The van der Waals surface area contributed by atoms with Gasteiger partial charge in [0, 0.05) is 13.0 Å². The van der Waals surface area contributed by atoms with Crippen LogP contribution in [0.2, 0.25) is 0 Å². The Labute approximate surface area is 105 Å². The van der Waals surface area contributed by atoms with Crippen molar-refractivity contribution in [1.82, 2.24) is 4.90 Å². The highest BCUT2D eigenvalue weighted by atomic mass is 16.5. The molecule has 1 aliphatic heterocycles. The molecule has 5 heteroatoms. The highest BCUT2D eigenvalue weighted by Crippen LogP contribution is 2.22. The number of nitrogens with zero attached hydrogens (tertiary/aromatic N) is 1. The molecule has 1 N–H and O–H groups in total. The lowest BCUT2D eigenvalue weighted by Gasteiger charge is -2.13. The molecule has 1 heterocycles. The summed E-state index contributed by atoms with van der Waals surface area (Å²) in [5.74, 6) is -0.342. The molecule has 0 aliphatic carbocycles. The number of benzene rings is 1. The number of methoxy groups -OCH3 is 1. The number of nitrogens with one attached hydrogen (secondary N) is 1. The number of rotatable bonds is 4. The predicted molar refractivity (Wildman–Crippen MR) is 65.8 cm³/mol. The molecule has 5 nitrogen and oxygen atoms in total. The monoisotopic (exact) mass is 246 g/mol. The van der Waals surface area contributed by atoms with Gasteiger partial charge in [-0.05, 0) is 18.6 Å². The normalized spacial score (nSPS) is 13.7. The summed E-state index contributed by atoms with van der Waals surface area (Å²) in [6, 6.07) is 6.81. The van der Waals surface area contributed by atoms with E-state index < -0.39 is 0 Å². The molecule has 0 atom stereocenters. The smallest absolute Gasteiger partial charge is 0.261 e. The maximum Gasteiger partial charge on any atom is 0.261 e. The molecule has 0 aromatic heterocycles. The second-order valence-corrected chi connectivity index (χ2v) is 4.04. The van der Waals surface area contributed by atoms with Crippen molar-refractivity contribution in [2.24, 2.45) is 0 Å². The molecule has 1 aromatic rings. The molecule has 0 fully saturated rings. The van der Waals surface area contributed by atoms with Crippen LogP contribution < -0.4 is 0 Å². The van der Waals surface area contributed by atoms with Crippen LogP contribution in [-0.2, 0) is 4.74 Å². The van der Waals surface area contributed by atoms with E-state index in [2.05, 4.69) is 0 Å². The lowest BCUT2D eigenvalue weighted by atomic mass is 10.1. The van der Waals surface area contributed by atoms with Crippen molar-refractivity contribution in [3.8, 4) is 0 Å². The second kappa shape index (κ2) is 5.00. The minimum Gasteiger partial charge on any atom is -0.484 e. The average Bonchev–Trinajstić information content (AvgIpc) is 2.64. The van der Waals surface area contributed by atoms with E-state index in [-0.39, 0.29) is 17.7 Å². The van der Waals surface area contributed by atoms with E-state index in [1.54, 1.807) is 24.3 Å². The number of ether oxygens (including phenoxy) is 1. The zero-order valence-corrected chi connectivity index (χ0v) is 10.1. The molecule has 94 valence electrons. The van der Waals surface area contributed by atoms with Gasteiger partial charge in [-0.25, -0.2) is 0 Å². The number of amides is 2. The Balaban J connectivity index is 2.03. The van der Waals surface area contributed by atoms with E-state index in [1.165, 1.54) is 12.0 Å². The van der Waals surface area contributed by atoms with Crippen LogP contribution in [-0.4, -0.2) is 36.3 Å². The summed E-state index contributed by atoms with van der Waals surface area (Å²) in [5, 5.41) is 7.33. The van der Waals surface area contributed by atoms with Crippen molar-refractivity contribution in [3.05, 3.63) is 35.4 Å². The zero-order chi connectivity index (χ0) is 13.1. The fourth-order valence-electron chi connectivity index (χ4n) is 1.94. The first-order valence-electron chi connectivity index (χ1n) is 5.71. The van der Waals surface area contributed by atoms with E-state index >= 15 is 0 Å². The third-order valence-electron chi connectivity index (χ3n) is 2.91. The first-order valence-corrected chi connectivity index (χ1v) is 5.71. The molecule has 18 heavy (non-hydrogen) atoms. The minimum absolute atomic E-state index is 0.159. The Morgan fingerprint density at radius 1 is 1.22 bits per heavy atom. The number of carbonyl (C=O) groups excluding carboxylic acids is 2. The van der Waals surface area contributed by atoms with Crippen molar-refractivity contribution >= 4 is 17.7 Å². The van der Waals surface area contributed by atoms with Crippen molar-refractivity contribution in [2.45, 2.75) is 12.8 Å². The van der Waals surface area contributed by atoms with E-state index in [0.29, 0.717) is 30.5 Å². The van der Waals surface area contributed by atoms with Gasteiger partial charge < -0.3 is 4.74 Å². The Morgan fingerprint density at radius 3 is 2.28 bits per heavy atom. The lowest BCUT2D eigenvalue weighted by Crippen LogP contribution is -2.31. The van der Waals surface area contributed by atoms with Crippen LogP contribution in [0.25, 0.3) is 0 Å². The maximum atomic E-state index is 12.0. The Bertz CT molecular complexity index is 476. The fraction of sp³-hybridized carbons (Fsp3) is 0.308. The summed E-state index contributed by atoms with van der Waals surface area (Å²) in [6.45, 7) is 0.318. The van der Waals surface area contributed by atoms with Crippen LogP contribution >= 0.6 is 0 Å². The van der Waals surface area contributed by atoms with Gasteiger partial charge in [-0.1, -0.05) is 12.1 Å². The molecule has 1 aromatic carbocycles. The first-order chi connectivity index (χ1) is 8.65.